The molecule has 2 heterocycles. The molecule has 0 saturated carbocycles. The molecule has 4 nitrogen and oxygen atoms in total. The van der Waals surface area contributed by atoms with Crippen LogP contribution in [0.2, 0.25) is 0 Å². The number of rotatable bonds is 5. The van der Waals surface area contributed by atoms with Crippen LogP contribution in [0.5, 0.6) is 0 Å². The lowest BCUT2D eigenvalue weighted by atomic mass is 9.86. The number of thioether (sulfide) groups is 1. The number of fused-ring (bicyclic) bond motifs is 1. The number of hydrogen-bond donors (Lipinski definition) is 1. The normalized spacial score (nSPS) is 24.1. The number of aromatic nitrogens is 1. The van der Waals surface area contributed by atoms with Gasteiger partial charge in [-0.2, -0.15) is 0 Å². The first-order valence-electron chi connectivity index (χ1n) is 7.53. The van der Waals surface area contributed by atoms with E-state index in [9.17, 15) is 4.79 Å². The first kappa shape index (κ1) is 14.9. The molecule has 1 aliphatic heterocycles. The second-order valence-electron chi connectivity index (χ2n) is 5.60. The van der Waals surface area contributed by atoms with E-state index in [4.69, 9.17) is 0 Å². The molecule has 2 aliphatic rings. The van der Waals surface area contributed by atoms with Gasteiger partial charge >= 0.3 is 6.03 Å². The minimum atomic E-state index is 0.114. The van der Waals surface area contributed by atoms with E-state index in [0.717, 1.165) is 49.0 Å². The Balaban J connectivity index is 1.32. The summed E-state index contributed by atoms with van der Waals surface area (Å²) in [4.78, 5) is 18.4. The molecule has 2 amide bonds. The molecule has 1 aromatic heterocycles. The van der Waals surface area contributed by atoms with Crippen molar-refractivity contribution in [2.24, 2.45) is 11.8 Å². The number of nitrogens with zero attached hydrogens (tertiary/aromatic N) is 2. The van der Waals surface area contributed by atoms with Gasteiger partial charge in [-0.25, -0.2) is 9.78 Å². The Kier molecular flexibility index (Phi) is 5.19. The minimum Gasteiger partial charge on any atom is -0.338 e. The Morgan fingerprint density at radius 2 is 2.14 bits per heavy atom. The summed E-state index contributed by atoms with van der Waals surface area (Å²) >= 11 is 3.43. The van der Waals surface area contributed by atoms with Crippen LogP contribution in [0.15, 0.2) is 28.1 Å². The molecule has 0 unspecified atom stereocenters. The van der Waals surface area contributed by atoms with Gasteiger partial charge in [0.05, 0.1) is 0 Å². The fourth-order valence-electron chi connectivity index (χ4n) is 3.00. The highest BCUT2D eigenvalue weighted by molar-refractivity contribution is 8.00. The first-order valence-corrected chi connectivity index (χ1v) is 9.39. The molecule has 2 atom stereocenters. The number of nitrogens with one attached hydrogen (secondary N) is 1. The van der Waals surface area contributed by atoms with Gasteiger partial charge in [0.1, 0.15) is 4.34 Å². The molecular formula is C15H21N3OS2. The Morgan fingerprint density at radius 1 is 1.38 bits per heavy atom. The zero-order valence-corrected chi connectivity index (χ0v) is 13.7. The molecule has 0 bridgehead atoms. The quantitative estimate of drug-likeness (QED) is 0.514. The smallest absolute Gasteiger partial charge is 0.317 e. The molecule has 6 heteroatoms. The fraction of sp³-hybridized carbons (Fsp3) is 0.600. The number of thiazole rings is 1. The molecule has 0 radical (unpaired) electrons. The minimum absolute atomic E-state index is 0.114. The van der Waals surface area contributed by atoms with Gasteiger partial charge in [-0.1, -0.05) is 23.9 Å². The Bertz CT molecular complexity index is 473. The summed E-state index contributed by atoms with van der Waals surface area (Å²) in [5, 5.41) is 5.04. The van der Waals surface area contributed by atoms with Crippen molar-refractivity contribution in [3.8, 4) is 0 Å². The highest BCUT2D eigenvalue weighted by Gasteiger charge is 2.34. The Labute approximate surface area is 134 Å². The molecule has 3 rings (SSSR count). The molecule has 114 valence electrons. The maximum atomic E-state index is 12.2. The van der Waals surface area contributed by atoms with E-state index in [1.165, 1.54) is 0 Å². The molecule has 1 N–H and O–H groups in total. The van der Waals surface area contributed by atoms with Crippen LogP contribution in [0, 0.1) is 11.8 Å². The number of carbonyl (C=O) groups is 1. The standard InChI is InChI=1S/C15H21N3OS2/c19-14(16-6-3-8-20-15-17-7-9-21-15)18-10-12-4-1-2-5-13(12)11-18/h1-2,7,9,12-13H,3-6,8,10-11H2,(H,16,19)/t12-,13-/m0/s1. The van der Waals surface area contributed by atoms with Crippen molar-refractivity contribution < 1.29 is 4.79 Å². The molecular weight excluding hydrogens is 302 g/mol. The molecule has 1 aromatic rings. The lowest BCUT2D eigenvalue weighted by Crippen LogP contribution is -2.39. The fourth-order valence-corrected chi connectivity index (χ4v) is 4.65. The zero-order valence-electron chi connectivity index (χ0n) is 12.0. The lowest BCUT2D eigenvalue weighted by molar-refractivity contribution is 0.206. The number of allylic oxidation sites excluding steroid dienone is 2. The monoisotopic (exact) mass is 323 g/mol. The van der Waals surface area contributed by atoms with Crippen molar-refractivity contribution in [2.75, 3.05) is 25.4 Å². The largest absolute Gasteiger partial charge is 0.338 e. The van der Waals surface area contributed by atoms with E-state index < -0.39 is 0 Å². The summed E-state index contributed by atoms with van der Waals surface area (Å²) in [6.45, 7) is 2.60. The van der Waals surface area contributed by atoms with Gasteiger partial charge in [0, 0.05) is 37.0 Å². The van der Waals surface area contributed by atoms with Crippen LogP contribution < -0.4 is 5.32 Å². The molecule has 0 spiro atoms. The van der Waals surface area contributed by atoms with Gasteiger partial charge < -0.3 is 10.2 Å². The molecule has 1 aliphatic carbocycles. The first-order chi connectivity index (χ1) is 10.3. The van der Waals surface area contributed by atoms with Crippen molar-refractivity contribution in [3.63, 3.8) is 0 Å². The van der Waals surface area contributed by atoms with Crippen LogP contribution in [0.3, 0.4) is 0 Å². The number of carbonyl (C=O) groups excluding carboxylic acids is 1. The number of likely N-dealkylation sites (tertiary alicyclic amines) is 1. The van der Waals surface area contributed by atoms with Gasteiger partial charge in [-0.15, -0.1) is 11.3 Å². The molecule has 21 heavy (non-hydrogen) atoms. The maximum Gasteiger partial charge on any atom is 0.317 e. The number of hydrogen-bond acceptors (Lipinski definition) is 4. The van der Waals surface area contributed by atoms with Crippen LogP contribution >= 0.6 is 23.1 Å². The zero-order chi connectivity index (χ0) is 14.5. The van der Waals surface area contributed by atoms with Gasteiger partial charge in [0.25, 0.3) is 0 Å². The van der Waals surface area contributed by atoms with Gasteiger partial charge in [0.2, 0.25) is 0 Å². The van der Waals surface area contributed by atoms with E-state index in [1.807, 2.05) is 16.5 Å². The van der Waals surface area contributed by atoms with Crippen molar-refractivity contribution >= 4 is 29.1 Å². The highest BCUT2D eigenvalue weighted by Crippen LogP contribution is 2.32. The number of amides is 2. The van der Waals surface area contributed by atoms with Crippen LogP contribution in [-0.4, -0.2) is 41.3 Å². The molecule has 1 fully saturated rings. The van der Waals surface area contributed by atoms with E-state index in [-0.39, 0.29) is 6.03 Å². The van der Waals surface area contributed by atoms with E-state index in [0.29, 0.717) is 11.8 Å². The predicted molar refractivity (Wildman–Crippen MR) is 87.8 cm³/mol. The summed E-state index contributed by atoms with van der Waals surface area (Å²) in [6.07, 6.45) is 9.61. The SMILES string of the molecule is O=C(NCCCSc1nccs1)N1C[C@@H]2CC=CC[C@H]2C1. The van der Waals surface area contributed by atoms with Gasteiger partial charge in [-0.3, -0.25) is 0 Å². The topological polar surface area (TPSA) is 45.2 Å². The van der Waals surface area contributed by atoms with E-state index in [1.54, 1.807) is 23.1 Å². The maximum absolute atomic E-state index is 12.2. The summed E-state index contributed by atoms with van der Waals surface area (Å²) in [7, 11) is 0. The van der Waals surface area contributed by atoms with Crippen molar-refractivity contribution in [1.82, 2.24) is 15.2 Å². The van der Waals surface area contributed by atoms with E-state index in [2.05, 4.69) is 22.5 Å². The summed E-state index contributed by atoms with van der Waals surface area (Å²) in [6, 6.07) is 0.114. The summed E-state index contributed by atoms with van der Waals surface area (Å²) in [5.74, 6) is 2.37. The van der Waals surface area contributed by atoms with Crippen LogP contribution in [0.4, 0.5) is 4.79 Å². The van der Waals surface area contributed by atoms with Crippen LogP contribution in [0.25, 0.3) is 0 Å². The predicted octanol–water partition coefficient (Wildman–Crippen LogP) is 3.23. The average molecular weight is 323 g/mol. The summed E-state index contributed by atoms with van der Waals surface area (Å²) in [5.41, 5.74) is 0. The average Bonchev–Trinajstić information content (AvgIpc) is 3.15. The third-order valence-corrected chi connectivity index (χ3v) is 6.19. The Hall–Kier alpha value is -1.01. The molecule has 0 aromatic carbocycles. The molecule has 1 saturated heterocycles. The van der Waals surface area contributed by atoms with E-state index >= 15 is 0 Å². The number of urea groups is 1. The Morgan fingerprint density at radius 3 is 2.81 bits per heavy atom. The third kappa shape index (κ3) is 4.01. The second kappa shape index (κ2) is 7.31. The van der Waals surface area contributed by atoms with Gasteiger partial charge in [-0.05, 0) is 31.1 Å². The lowest BCUT2D eigenvalue weighted by Gasteiger charge is -2.17. The highest BCUT2D eigenvalue weighted by atomic mass is 32.2. The van der Waals surface area contributed by atoms with Crippen molar-refractivity contribution in [2.45, 2.75) is 23.6 Å². The van der Waals surface area contributed by atoms with Crippen molar-refractivity contribution in [1.29, 1.82) is 0 Å². The van der Waals surface area contributed by atoms with Gasteiger partial charge in [0.15, 0.2) is 0 Å². The third-order valence-electron chi connectivity index (χ3n) is 4.14. The van der Waals surface area contributed by atoms with Crippen molar-refractivity contribution in [3.05, 3.63) is 23.7 Å². The second-order valence-corrected chi connectivity index (χ2v) is 7.84. The summed E-state index contributed by atoms with van der Waals surface area (Å²) < 4.78 is 1.11. The van der Waals surface area contributed by atoms with Crippen LogP contribution in [0.1, 0.15) is 19.3 Å². The van der Waals surface area contributed by atoms with Crippen LogP contribution in [-0.2, 0) is 0 Å².